The first-order valence-corrected chi connectivity index (χ1v) is 6.69. The summed E-state index contributed by atoms with van der Waals surface area (Å²) >= 11 is 0. The summed E-state index contributed by atoms with van der Waals surface area (Å²) in [5.74, 6) is 0.00500. The Morgan fingerprint density at radius 3 is 2.75 bits per heavy atom. The van der Waals surface area contributed by atoms with Crippen LogP contribution in [-0.2, 0) is 6.54 Å². The van der Waals surface area contributed by atoms with E-state index in [1.54, 1.807) is 24.3 Å². The number of benzene rings is 1. The summed E-state index contributed by atoms with van der Waals surface area (Å²) in [5, 5.41) is 3.22. The van der Waals surface area contributed by atoms with Crippen LogP contribution >= 0.6 is 0 Å². The first kappa shape index (κ1) is 14.1. The Morgan fingerprint density at radius 2 is 2.05 bits per heavy atom. The largest absolute Gasteiger partial charge is 0.385 e. The van der Waals surface area contributed by atoms with Crippen LogP contribution in [0.4, 0.5) is 5.69 Å². The lowest BCUT2D eigenvalue weighted by atomic mass is 10.1. The van der Waals surface area contributed by atoms with E-state index in [1.165, 1.54) is 0 Å². The molecule has 4 heteroatoms. The van der Waals surface area contributed by atoms with E-state index in [0.29, 0.717) is 12.1 Å². The zero-order chi connectivity index (χ0) is 14.4. The second-order valence-corrected chi connectivity index (χ2v) is 4.60. The summed E-state index contributed by atoms with van der Waals surface area (Å²) < 4.78 is 0. The van der Waals surface area contributed by atoms with Gasteiger partial charge in [0.1, 0.15) is 0 Å². The van der Waals surface area contributed by atoms with Crippen LogP contribution in [0, 0.1) is 0 Å². The maximum atomic E-state index is 12.5. The average Bonchev–Trinajstić information content (AvgIpc) is 2.48. The zero-order valence-corrected chi connectivity index (χ0v) is 11.8. The van der Waals surface area contributed by atoms with Crippen molar-refractivity contribution >= 4 is 11.6 Å². The van der Waals surface area contributed by atoms with E-state index < -0.39 is 0 Å². The molecule has 0 aliphatic carbocycles. The van der Waals surface area contributed by atoms with Crippen molar-refractivity contribution in [3.05, 3.63) is 59.9 Å². The minimum atomic E-state index is 0.00500. The van der Waals surface area contributed by atoms with Crippen LogP contribution in [-0.4, -0.2) is 29.4 Å². The lowest BCUT2D eigenvalue weighted by Gasteiger charge is -2.19. The molecule has 0 aliphatic rings. The van der Waals surface area contributed by atoms with E-state index in [2.05, 4.69) is 10.3 Å². The van der Waals surface area contributed by atoms with Gasteiger partial charge < -0.3 is 10.2 Å². The molecule has 1 heterocycles. The van der Waals surface area contributed by atoms with Crippen molar-refractivity contribution in [2.75, 3.05) is 18.9 Å². The minimum Gasteiger partial charge on any atom is -0.385 e. The minimum absolute atomic E-state index is 0.00500. The van der Waals surface area contributed by atoms with Crippen LogP contribution in [0.15, 0.2) is 48.8 Å². The Kier molecular flexibility index (Phi) is 4.71. The zero-order valence-electron chi connectivity index (χ0n) is 11.8. The third-order valence-corrected chi connectivity index (χ3v) is 3.01. The molecule has 2 aromatic rings. The molecular formula is C16H19N3O. The Balaban J connectivity index is 2.14. The summed E-state index contributed by atoms with van der Waals surface area (Å²) in [6.45, 7) is 3.35. The highest BCUT2D eigenvalue weighted by atomic mass is 16.2. The molecule has 1 amide bonds. The molecule has 0 saturated carbocycles. The normalized spacial score (nSPS) is 10.1. The molecule has 0 spiro atoms. The molecule has 1 aromatic carbocycles. The molecule has 1 aromatic heterocycles. The standard InChI is InChI=1S/C16H19N3O/c1-3-18-15-9-5-4-8-14(15)16(20)19(2)12-13-7-6-10-17-11-13/h4-11,18H,3,12H2,1-2H3. The molecule has 0 atom stereocenters. The van der Waals surface area contributed by atoms with Crippen LogP contribution in [0.5, 0.6) is 0 Å². The number of amides is 1. The Morgan fingerprint density at radius 1 is 1.25 bits per heavy atom. The van der Waals surface area contributed by atoms with E-state index in [-0.39, 0.29) is 5.91 Å². The lowest BCUT2D eigenvalue weighted by Crippen LogP contribution is -2.27. The van der Waals surface area contributed by atoms with Crippen LogP contribution in [0.3, 0.4) is 0 Å². The van der Waals surface area contributed by atoms with Gasteiger partial charge >= 0.3 is 0 Å². The lowest BCUT2D eigenvalue weighted by molar-refractivity contribution is 0.0786. The second kappa shape index (κ2) is 6.70. The predicted octanol–water partition coefficient (Wildman–Crippen LogP) is 2.79. The van der Waals surface area contributed by atoms with Crippen molar-refractivity contribution in [2.24, 2.45) is 0 Å². The second-order valence-electron chi connectivity index (χ2n) is 4.60. The van der Waals surface area contributed by atoms with Crippen LogP contribution < -0.4 is 5.32 Å². The van der Waals surface area contributed by atoms with Gasteiger partial charge in [-0.15, -0.1) is 0 Å². The van der Waals surface area contributed by atoms with Gasteiger partial charge in [0.2, 0.25) is 0 Å². The predicted molar refractivity (Wildman–Crippen MR) is 80.6 cm³/mol. The van der Waals surface area contributed by atoms with Gasteiger partial charge in [-0.3, -0.25) is 9.78 Å². The van der Waals surface area contributed by atoms with Crippen LogP contribution in [0.2, 0.25) is 0 Å². The number of rotatable bonds is 5. The molecule has 104 valence electrons. The fraction of sp³-hybridized carbons (Fsp3) is 0.250. The molecule has 4 nitrogen and oxygen atoms in total. The monoisotopic (exact) mass is 269 g/mol. The van der Waals surface area contributed by atoms with Crippen LogP contribution in [0.25, 0.3) is 0 Å². The number of anilines is 1. The average molecular weight is 269 g/mol. The highest BCUT2D eigenvalue weighted by molar-refractivity contribution is 5.99. The Labute approximate surface area is 119 Å². The van der Waals surface area contributed by atoms with E-state index in [4.69, 9.17) is 0 Å². The van der Waals surface area contributed by atoms with Crippen molar-refractivity contribution in [3.63, 3.8) is 0 Å². The van der Waals surface area contributed by atoms with Gasteiger partial charge in [-0.1, -0.05) is 18.2 Å². The molecule has 0 radical (unpaired) electrons. The molecule has 0 bridgehead atoms. The van der Waals surface area contributed by atoms with E-state index in [0.717, 1.165) is 17.8 Å². The maximum Gasteiger partial charge on any atom is 0.255 e. The summed E-state index contributed by atoms with van der Waals surface area (Å²) in [5.41, 5.74) is 2.59. The number of carbonyl (C=O) groups excluding carboxylic acids is 1. The number of aromatic nitrogens is 1. The van der Waals surface area contributed by atoms with E-state index >= 15 is 0 Å². The van der Waals surface area contributed by atoms with Gasteiger partial charge in [-0.25, -0.2) is 0 Å². The fourth-order valence-electron chi connectivity index (χ4n) is 2.06. The maximum absolute atomic E-state index is 12.5. The fourth-order valence-corrected chi connectivity index (χ4v) is 2.06. The highest BCUT2D eigenvalue weighted by Gasteiger charge is 2.15. The van der Waals surface area contributed by atoms with Crippen molar-refractivity contribution in [1.29, 1.82) is 0 Å². The number of pyridine rings is 1. The summed E-state index contributed by atoms with van der Waals surface area (Å²) in [6, 6.07) is 11.4. The first-order valence-electron chi connectivity index (χ1n) is 6.69. The van der Waals surface area contributed by atoms with Crippen molar-refractivity contribution in [1.82, 2.24) is 9.88 Å². The molecule has 2 rings (SSSR count). The summed E-state index contributed by atoms with van der Waals surface area (Å²) in [4.78, 5) is 18.3. The van der Waals surface area contributed by atoms with Crippen LogP contribution in [0.1, 0.15) is 22.8 Å². The molecule has 0 fully saturated rings. The van der Waals surface area contributed by atoms with Gasteiger partial charge in [-0.2, -0.15) is 0 Å². The van der Waals surface area contributed by atoms with Gasteiger partial charge in [0, 0.05) is 38.2 Å². The van der Waals surface area contributed by atoms with Crippen molar-refractivity contribution in [3.8, 4) is 0 Å². The number of hydrogen-bond donors (Lipinski definition) is 1. The molecule has 0 aliphatic heterocycles. The number of para-hydroxylation sites is 1. The summed E-state index contributed by atoms with van der Waals surface area (Å²) in [6.07, 6.45) is 3.51. The number of carbonyl (C=O) groups is 1. The highest BCUT2D eigenvalue weighted by Crippen LogP contribution is 2.17. The topological polar surface area (TPSA) is 45.2 Å². The quantitative estimate of drug-likeness (QED) is 0.907. The third-order valence-electron chi connectivity index (χ3n) is 3.01. The van der Waals surface area contributed by atoms with E-state index in [9.17, 15) is 4.79 Å². The molecular weight excluding hydrogens is 250 g/mol. The van der Waals surface area contributed by atoms with Gasteiger partial charge in [-0.05, 0) is 30.7 Å². The van der Waals surface area contributed by atoms with Crippen molar-refractivity contribution in [2.45, 2.75) is 13.5 Å². The molecule has 1 N–H and O–H groups in total. The van der Waals surface area contributed by atoms with Crippen molar-refractivity contribution < 1.29 is 4.79 Å². The number of nitrogens with one attached hydrogen (secondary N) is 1. The first-order chi connectivity index (χ1) is 9.72. The molecule has 0 saturated heterocycles. The molecule has 0 unspecified atom stereocenters. The Hall–Kier alpha value is -2.36. The number of hydrogen-bond acceptors (Lipinski definition) is 3. The van der Waals surface area contributed by atoms with E-state index in [1.807, 2.05) is 43.3 Å². The smallest absolute Gasteiger partial charge is 0.255 e. The Bertz CT molecular complexity index is 569. The molecule has 20 heavy (non-hydrogen) atoms. The SMILES string of the molecule is CCNc1ccccc1C(=O)N(C)Cc1cccnc1. The third kappa shape index (κ3) is 3.35. The van der Waals surface area contributed by atoms with Gasteiger partial charge in [0.25, 0.3) is 5.91 Å². The van der Waals surface area contributed by atoms with Gasteiger partial charge in [0.15, 0.2) is 0 Å². The summed E-state index contributed by atoms with van der Waals surface area (Å²) in [7, 11) is 1.80. The number of nitrogens with zero attached hydrogens (tertiary/aromatic N) is 2. The van der Waals surface area contributed by atoms with Gasteiger partial charge in [0.05, 0.1) is 5.56 Å².